The number of hydrogen-bond acceptors (Lipinski definition) is 5. The Bertz CT molecular complexity index is 1050. The van der Waals surface area contributed by atoms with Gasteiger partial charge in [0.1, 0.15) is 18.0 Å². The number of hydrogen-bond donors (Lipinski definition) is 1. The lowest BCUT2D eigenvalue weighted by molar-refractivity contribution is -0.383. The van der Waals surface area contributed by atoms with Crippen LogP contribution in [-0.2, 0) is 6.61 Å². The summed E-state index contributed by atoms with van der Waals surface area (Å²) in [4.78, 5) is 23.5. The molecular weight excluding hydrogens is 400 g/mol. The van der Waals surface area contributed by atoms with Gasteiger partial charge in [-0.15, -0.1) is 11.3 Å². The molecule has 0 unspecified atom stereocenters. The normalized spacial score (nSPS) is 10.5. The van der Waals surface area contributed by atoms with Crippen LogP contribution in [0.5, 0.6) is 5.75 Å². The zero-order valence-corrected chi connectivity index (χ0v) is 16.8. The zero-order chi connectivity index (χ0) is 20.3. The SMILES string of the molecule is Cc1ccc(C)c(OCc2csc(C(=O)Nc3ccc(Cl)cc3[N+](=O)[O-])c2)c1. The number of ether oxygens (including phenoxy) is 1. The maximum Gasteiger partial charge on any atom is 0.294 e. The monoisotopic (exact) mass is 416 g/mol. The molecule has 0 bridgehead atoms. The van der Waals surface area contributed by atoms with Gasteiger partial charge in [-0.3, -0.25) is 14.9 Å². The van der Waals surface area contributed by atoms with Gasteiger partial charge in [0.2, 0.25) is 0 Å². The molecule has 28 heavy (non-hydrogen) atoms. The van der Waals surface area contributed by atoms with E-state index in [0.717, 1.165) is 22.4 Å². The molecule has 144 valence electrons. The molecule has 0 aliphatic heterocycles. The molecule has 6 nitrogen and oxygen atoms in total. The van der Waals surface area contributed by atoms with Crippen LogP contribution in [-0.4, -0.2) is 10.8 Å². The average Bonchev–Trinajstić information content (AvgIpc) is 3.13. The second-order valence-electron chi connectivity index (χ2n) is 6.25. The van der Waals surface area contributed by atoms with Crippen LogP contribution in [0.2, 0.25) is 5.02 Å². The summed E-state index contributed by atoms with van der Waals surface area (Å²) in [6.07, 6.45) is 0. The number of halogens is 1. The van der Waals surface area contributed by atoms with E-state index in [1.165, 1.54) is 29.5 Å². The fourth-order valence-corrected chi connectivity index (χ4v) is 3.50. The van der Waals surface area contributed by atoms with E-state index in [0.29, 0.717) is 11.5 Å². The van der Waals surface area contributed by atoms with Crippen molar-refractivity contribution < 1.29 is 14.5 Å². The number of thiophene rings is 1. The minimum absolute atomic E-state index is 0.0981. The summed E-state index contributed by atoms with van der Waals surface area (Å²) in [6, 6.07) is 11.8. The summed E-state index contributed by atoms with van der Waals surface area (Å²) in [5, 5.41) is 15.8. The summed E-state index contributed by atoms with van der Waals surface area (Å²) in [5.41, 5.74) is 2.84. The van der Waals surface area contributed by atoms with Crippen molar-refractivity contribution >= 4 is 40.2 Å². The molecule has 0 fully saturated rings. The predicted molar refractivity (Wildman–Crippen MR) is 111 cm³/mol. The van der Waals surface area contributed by atoms with Gasteiger partial charge in [0.25, 0.3) is 11.6 Å². The van der Waals surface area contributed by atoms with E-state index >= 15 is 0 Å². The van der Waals surface area contributed by atoms with E-state index in [-0.39, 0.29) is 16.4 Å². The molecule has 0 spiro atoms. The Kier molecular flexibility index (Phi) is 5.96. The van der Waals surface area contributed by atoms with Gasteiger partial charge >= 0.3 is 0 Å². The molecule has 0 aliphatic carbocycles. The van der Waals surface area contributed by atoms with Crippen molar-refractivity contribution in [1.82, 2.24) is 0 Å². The second-order valence-corrected chi connectivity index (χ2v) is 7.60. The van der Waals surface area contributed by atoms with Gasteiger partial charge in [-0.2, -0.15) is 0 Å². The van der Waals surface area contributed by atoms with Crippen LogP contribution in [0.3, 0.4) is 0 Å². The number of nitro groups is 1. The topological polar surface area (TPSA) is 81.5 Å². The van der Waals surface area contributed by atoms with Gasteiger partial charge in [-0.05, 0) is 54.6 Å². The van der Waals surface area contributed by atoms with E-state index in [1.54, 1.807) is 6.07 Å². The summed E-state index contributed by atoms with van der Waals surface area (Å²) < 4.78 is 5.85. The minimum Gasteiger partial charge on any atom is -0.489 e. The molecule has 0 radical (unpaired) electrons. The van der Waals surface area contributed by atoms with Crippen molar-refractivity contribution in [3.8, 4) is 5.75 Å². The van der Waals surface area contributed by atoms with Gasteiger partial charge in [0.05, 0.1) is 9.80 Å². The summed E-state index contributed by atoms with van der Waals surface area (Å²) in [6.45, 7) is 4.30. The first kappa shape index (κ1) is 19.9. The number of rotatable bonds is 6. The molecular formula is C20H17ClN2O4S. The van der Waals surface area contributed by atoms with Gasteiger partial charge in [0.15, 0.2) is 0 Å². The van der Waals surface area contributed by atoms with Crippen molar-refractivity contribution in [3.63, 3.8) is 0 Å². The largest absolute Gasteiger partial charge is 0.489 e. The standard InChI is InChI=1S/C20H17ClN2O4S/c1-12-3-4-13(2)18(7-12)27-10-14-8-19(28-11-14)20(24)22-16-6-5-15(21)9-17(16)23(25)26/h3-9,11H,10H2,1-2H3,(H,22,24). The highest BCUT2D eigenvalue weighted by molar-refractivity contribution is 7.12. The van der Waals surface area contributed by atoms with Crippen LogP contribution in [0.1, 0.15) is 26.4 Å². The maximum absolute atomic E-state index is 12.5. The number of anilines is 1. The molecule has 1 N–H and O–H groups in total. The van der Waals surface area contributed by atoms with Crippen LogP contribution in [0, 0.1) is 24.0 Å². The van der Waals surface area contributed by atoms with Crippen LogP contribution >= 0.6 is 22.9 Å². The average molecular weight is 417 g/mol. The van der Waals surface area contributed by atoms with E-state index in [1.807, 2.05) is 37.4 Å². The van der Waals surface area contributed by atoms with Crippen molar-refractivity contribution in [2.75, 3.05) is 5.32 Å². The van der Waals surface area contributed by atoms with Gasteiger partial charge in [-0.1, -0.05) is 23.7 Å². The highest BCUT2D eigenvalue weighted by atomic mass is 35.5. The molecule has 0 saturated heterocycles. The number of benzene rings is 2. The molecule has 0 saturated carbocycles. The Morgan fingerprint density at radius 3 is 2.75 bits per heavy atom. The fourth-order valence-electron chi connectivity index (χ4n) is 2.54. The number of nitro benzene ring substituents is 1. The minimum atomic E-state index is -0.584. The van der Waals surface area contributed by atoms with Gasteiger partial charge in [0, 0.05) is 16.7 Å². The van der Waals surface area contributed by atoms with E-state index in [9.17, 15) is 14.9 Å². The third kappa shape index (κ3) is 4.68. The number of nitrogens with zero attached hydrogens (tertiary/aromatic N) is 1. The molecule has 2 aromatic carbocycles. The summed E-state index contributed by atoms with van der Waals surface area (Å²) in [5.74, 6) is 0.377. The highest BCUT2D eigenvalue weighted by Gasteiger charge is 2.18. The lowest BCUT2D eigenvalue weighted by Gasteiger charge is -2.09. The molecule has 8 heteroatoms. The second kappa shape index (κ2) is 8.41. The third-order valence-electron chi connectivity index (χ3n) is 4.02. The fraction of sp³-hybridized carbons (Fsp3) is 0.150. The van der Waals surface area contributed by atoms with E-state index in [4.69, 9.17) is 16.3 Å². The number of nitrogens with one attached hydrogen (secondary N) is 1. The van der Waals surface area contributed by atoms with Crippen molar-refractivity contribution in [1.29, 1.82) is 0 Å². The number of carbonyl (C=O) groups is 1. The summed E-state index contributed by atoms with van der Waals surface area (Å²) >= 11 is 7.04. The number of carbonyl (C=O) groups excluding carboxylic acids is 1. The van der Waals surface area contributed by atoms with Crippen LogP contribution < -0.4 is 10.1 Å². The first-order valence-corrected chi connectivity index (χ1v) is 9.62. The lowest BCUT2D eigenvalue weighted by Crippen LogP contribution is -2.11. The summed E-state index contributed by atoms with van der Waals surface area (Å²) in [7, 11) is 0. The van der Waals surface area contributed by atoms with Crippen LogP contribution in [0.4, 0.5) is 11.4 Å². The lowest BCUT2D eigenvalue weighted by atomic mass is 10.1. The van der Waals surface area contributed by atoms with Gasteiger partial charge < -0.3 is 10.1 Å². The first-order chi connectivity index (χ1) is 13.3. The molecule has 3 aromatic rings. The van der Waals surface area contributed by atoms with Crippen molar-refractivity contribution in [3.05, 3.63) is 84.5 Å². The molecule has 0 atom stereocenters. The molecule has 0 aliphatic rings. The Morgan fingerprint density at radius 2 is 2.00 bits per heavy atom. The number of amides is 1. The Balaban J connectivity index is 1.69. The Morgan fingerprint density at radius 1 is 1.21 bits per heavy atom. The van der Waals surface area contributed by atoms with E-state index < -0.39 is 10.8 Å². The van der Waals surface area contributed by atoms with E-state index in [2.05, 4.69) is 5.32 Å². The quantitative estimate of drug-likeness (QED) is 0.409. The molecule has 3 rings (SSSR count). The first-order valence-electron chi connectivity index (χ1n) is 8.36. The third-order valence-corrected chi connectivity index (χ3v) is 5.23. The Labute approximate surface area is 170 Å². The maximum atomic E-state index is 12.5. The predicted octanol–water partition coefficient (Wildman–Crippen LogP) is 5.76. The van der Waals surface area contributed by atoms with Crippen LogP contribution in [0.25, 0.3) is 0 Å². The molecule has 1 heterocycles. The Hall–Kier alpha value is -2.90. The number of aryl methyl sites for hydroxylation is 2. The zero-order valence-electron chi connectivity index (χ0n) is 15.2. The van der Waals surface area contributed by atoms with Crippen LogP contribution in [0.15, 0.2) is 47.8 Å². The van der Waals surface area contributed by atoms with Crippen molar-refractivity contribution in [2.24, 2.45) is 0 Å². The van der Waals surface area contributed by atoms with Crippen molar-refractivity contribution in [2.45, 2.75) is 20.5 Å². The van der Waals surface area contributed by atoms with Gasteiger partial charge in [-0.25, -0.2) is 0 Å². The molecule has 1 amide bonds. The molecule has 1 aromatic heterocycles. The highest BCUT2D eigenvalue weighted by Crippen LogP contribution is 2.29. The smallest absolute Gasteiger partial charge is 0.294 e.